The Morgan fingerprint density at radius 1 is 1.40 bits per heavy atom. The molecule has 0 atom stereocenters. The fourth-order valence-electron chi connectivity index (χ4n) is 0.658. The molecule has 0 fully saturated rings. The van der Waals surface area contributed by atoms with E-state index in [2.05, 4.69) is 0 Å². The van der Waals surface area contributed by atoms with Crippen molar-refractivity contribution < 1.29 is 9.90 Å². The van der Waals surface area contributed by atoms with Crippen molar-refractivity contribution in [2.24, 2.45) is 5.73 Å². The molecule has 5 N–H and O–H groups in total. The molecule has 0 saturated carbocycles. The van der Waals surface area contributed by atoms with Gasteiger partial charge in [0, 0.05) is 22.5 Å². The first-order valence-electron chi connectivity index (χ1n) is 4.09. The summed E-state index contributed by atoms with van der Waals surface area (Å²) < 4.78 is 0. The summed E-state index contributed by atoms with van der Waals surface area (Å²) in [6, 6.07) is 7.05. The molecule has 0 saturated heterocycles. The standard InChI is InChI=1S/C6H6ClN.C4H7NO2/c7-5-1-3-6(8)4-2-5;1-3(5)2-4(6)7/h1-4H,8H2;2H,5H2,1H3,(H,6,7)/b;3-2-. The zero-order valence-corrected chi connectivity index (χ0v) is 9.03. The normalized spacial score (nSPS) is 10.1. The minimum absolute atomic E-state index is 0.313. The van der Waals surface area contributed by atoms with E-state index in [1.54, 1.807) is 24.3 Å². The zero-order valence-electron chi connectivity index (χ0n) is 8.27. The maximum Gasteiger partial charge on any atom is 0.330 e. The number of carboxylic acids is 1. The largest absolute Gasteiger partial charge is 0.478 e. The molecule has 82 valence electrons. The summed E-state index contributed by atoms with van der Waals surface area (Å²) in [5.41, 5.74) is 11.4. The van der Waals surface area contributed by atoms with Gasteiger partial charge in [-0.25, -0.2) is 4.79 Å². The number of carbonyl (C=O) groups is 1. The van der Waals surface area contributed by atoms with Gasteiger partial charge >= 0.3 is 5.97 Å². The Balaban J connectivity index is 0.000000265. The summed E-state index contributed by atoms with van der Waals surface area (Å²) >= 11 is 5.56. The fraction of sp³-hybridized carbons (Fsp3) is 0.100. The van der Waals surface area contributed by atoms with Crippen LogP contribution in [0.5, 0.6) is 0 Å². The lowest BCUT2D eigenvalue weighted by Crippen LogP contribution is -1.96. The first kappa shape index (κ1) is 13.3. The molecule has 5 heteroatoms. The Bertz CT molecular complexity index is 322. The molecule has 0 heterocycles. The average molecular weight is 229 g/mol. The van der Waals surface area contributed by atoms with E-state index in [9.17, 15) is 4.79 Å². The summed E-state index contributed by atoms with van der Waals surface area (Å²) in [5, 5.41) is 8.65. The quantitative estimate of drug-likeness (QED) is 0.506. The van der Waals surface area contributed by atoms with Gasteiger partial charge < -0.3 is 16.6 Å². The third kappa shape index (κ3) is 8.64. The van der Waals surface area contributed by atoms with Crippen molar-refractivity contribution in [1.29, 1.82) is 0 Å². The third-order valence-electron chi connectivity index (χ3n) is 1.22. The summed E-state index contributed by atoms with van der Waals surface area (Å²) in [6.07, 6.45) is 0.944. The van der Waals surface area contributed by atoms with Crippen LogP contribution in [0.1, 0.15) is 6.92 Å². The van der Waals surface area contributed by atoms with E-state index < -0.39 is 5.97 Å². The van der Waals surface area contributed by atoms with Gasteiger partial charge in [-0.05, 0) is 31.2 Å². The van der Waals surface area contributed by atoms with Crippen LogP contribution < -0.4 is 11.5 Å². The van der Waals surface area contributed by atoms with Crippen LogP contribution in [0.15, 0.2) is 36.0 Å². The molecule has 0 aliphatic carbocycles. The highest BCUT2D eigenvalue weighted by molar-refractivity contribution is 6.30. The summed E-state index contributed by atoms with van der Waals surface area (Å²) in [5.74, 6) is -1.000. The van der Waals surface area contributed by atoms with E-state index in [1.807, 2.05) is 0 Å². The maximum absolute atomic E-state index is 9.65. The smallest absolute Gasteiger partial charge is 0.330 e. The van der Waals surface area contributed by atoms with Crippen LogP contribution in [0, 0.1) is 0 Å². The highest BCUT2D eigenvalue weighted by Gasteiger charge is 1.84. The lowest BCUT2D eigenvalue weighted by atomic mass is 10.3. The Morgan fingerprint density at radius 2 is 1.87 bits per heavy atom. The van der Waals surface area contributed by atoms with Crippen LogP contribution in [-0.2, 0) is 4.79 Å². The van der Waals surface area contributed by atoms with Gasteiger partial charge in [0.05, 0.1) is 0 Å². The second-order valence-electron chi connectivity index (χ2n) is 2.78. The first-order chi connectivity index (χ1) is 6.91. The summed E-state index contributed by atoms with van der Waals surface area (Å²) in [4.78, 5) is 9.65. The van der Waals surface area contributed by atoms with Crippen LogP contribution >= 0.6 is 11.6 Å². The zero-order chi connectivity index (χ0) is 11.8. The van der Waals surface area contributed by atoms with Gasteiger partial charge in [0.1, 0.15) is 0 Å². The molecule has 0 bridgehead atoms. The van der Waals surface area contributed by atoms with Gasteiger partial charge in [0.25, 0.3) is 0 Å². The Morgan fingerprint density at radius 3 is 2.07 bits per heavy atom. The number of hydrogen-bond donors (Lipinski definition) is 3. The molecular formula is C10H13ClN2O2. The molecule has 0 aromatic heterocycles. The van der Waals surface area contributed by atoms with Crippen molar-refractivity contribution in [2.45, 2.75) is 6.92 Å². The Kier molecular flexibility index (Phi) is 5.97. The molecular weight excluding hydrogens is 216 g/mol. The van der Waals surface area contributed by atoms with Crippen LogP contribution in [0.3, 0.4) is 0 Å². The molecule has 0 unspecified atom stereocenters. The summed E-state index contributed by atoms with van der Waals surface area (Å²) in [7, 11) is 0. The number of halogens is 1. The highest BCUT2D eigenvalue weighted by atomic mass is 35.5. The Hall–Kier alpha value is -1.68. The van der Waals surface area contributed by atoms with Gasteiger partial charge in [-0.2, -0.15) is 0 Å². The molecule has 1 aromatic carbocycles. The van der Waals surface area contributed by atoms with Crippen LogP contribution in [0.25, 0.3) is 0 Å². The van der Waals surface area contributed by atoms with E-state index in [0.717, 1.165) is 16.8 Å². The number of anilines is 1. The van der Waals surface area contributed by atoms with Gasteiger partial charge in [0.2, 0.25) is 0 Å². The second kappa shape index (κ2) is 6.73. The van der Waals surface area contributed by atoms with Gasteiger partial charge in [0.15, 0.2) is 0 Å². The lowest BCUT2D eigenvalue weighted by Gasteiger charge is -1.88. The van der Waals surface area contributed by atoms with Crippen molar-refractivity contribution in [2.75, 3.05) is 5.73 Å². The average Bonchev–Trinajstić information content (AvgIpc) is 2.09. The van der Waals surface area contributed by atoms with Crippen molar-refractivity contribution in [1.82, 2.24) is 0 Å². The van der Waals surface area contributed by atoms with Crippen molar-refractivity contribution in [3.63, 3.8) is 0 Å². The van der Waals surface area contributed by atoms with Gasteiger partial charge in [-0.3, -0.25) is 0 Å². The first-order valence-corrected chi connectivity index (χ1v) is 4.47. The number of allylic oxidation sites excluding steroid dienone is 1. The fourth-order valence-corrected chi connectivity index (χ4v) is 0.784. The van der Waals surface area contributed by atoms with Crippen molar-refractivity contribution >= 4 is 23.3 Å². The van der Waals surface area contributed by atoms with Crippen molar-refractivity contribution in [3.05, 3.63) is 41.1 Å². The molecule has 0 spiro atoms. The number of nitrogens with two attached hydrogens (primary N) is 2. The molecule has 1 aromatic rings. The number of benzene rings is 1. The van der Waals surface area contributed by atoms with Gasteiger partial charge in [-0.15, -0.1) is 0 Å². The number of rotatable bonds is 1. The number of hydrogen-bond acceptors (Lipinski definition) is 3. The predicted molar refractivity (Wildman–Crippen MR) is 61.4 cm³/mol. The van der Waals surface area contributed by atoms with E-state index >= 15 is 0 Å². The van der Waals surface area contributed by atoms with Gasteiger partial charge in [-0.1, -0.05) is 11.6 Å². The molecule has 4 nitrogen and oxygen atoms in total. The monoisotopic (exact) mass is 228 g/mol. The molecule has 0 aliphatic rings. The minimum atomic E-state index is -1.000. The predicted octanol–water partition coefficient (Wildman–Crippen LogP) is 1.86. The number of aliphatic carboxylic acids is 1. The van der Waals surface area contributed by atoms with E-state index in [-0.39, 0.29) is 0 Å². The molecule has 0 amide bonds. The SMILES string of the molecule is C/C(N)=C/C(=O)O.Nc1ccc(Cl)cc1. The third-order valence-corrected chi connectivity index (χ3v) is 1.47. The number of nitrogen functional groups attached to an aromatic ring is 1. The van der Waals surface area contributed by atoms with Crippen LogP contribution in [0.2, 0.25) is 5.02 Å². The van der Waals surface area contributed by atoms with Crippen LogP contribution in [-0.4, -0.2) is 11.1 Å². The van der Waals surface area contributed by atoms with Crippen molar-refractivity contribution in [3.8, 4) is 0 Å². The highest BCUT2D eigenvalue weighted by Crippen LogP contribution is 2.09. The second-order valence-corrected chi connectivity index (χ2v) is 3.21. The Labute approximate surface area is 93.1 Å². The molecule has 1 rings (SSSR count). The molecule has 0 radical (unpaired) electrons. The summed E-state index contributed by atoms with van der Waals surface area (Å²) in [6.45, 7) is 1.52. The van der Waals surface area contributed by atoms with E-state index in [4.69, 9.17) is 28.2 Å². The molecule has 0 aliphatic heterocycles. The van der Waals surface area contributed by atoms with E-state index in [0.29, 0.717) is 5.70 Å². The topological polar surface area (TPSA) is 89.3 Å². The number of carboxylic acid groups (broad SMARTS) is 1. The molecule has 15 heavy (non-hydrogen) atoms. The van der Waals surface area contributed by atoms with Crippen LogP contribution in [0.4, 0.5) is 5.69 Å². The van der Waals surface area contributed by atoms with E-state index in [1.165, 1.54) is 6.92 Å². The maximum atomic E-state index is 9.65. The minimum Gasteiger partial charge on any atom is -0.478 e. The lowest BCUT2D eigenvalue weighted by molar-refractivity contribution is -0.131.